The van der Waals surface area contributed by atoms with Crippen LogP contribution in [0.4, 0.5) is 0 Å². The van der Waals surface area contributed by atoms with Gasteiger partial charge < -0.3 is 9.53 Å². The number of halogens is 1. The van der Waals surface area contributed by atoms with Crippen LogP contribution in [0.15, 0.2) is 42.6 Å². The molecule has 0 aromatic heterocycles. The van der Waals surface area contributed by atoms with Gasteiger partial charge in [0, 0.05) is 10.2 Å². The summed E-state index contributed by atoms with van der Waals surface area (Å²) in [5, 5.41) is 10.9. The van der Waals surface area contributed by atoms with Crippen LogP contribution in [0.25, 0.3) is 4.91 Å². The zero-order valence-electron chi connectivity index (χ0n) is 20.3. The molecule has 0 radical (unpaired) electrons. The van der Waals surface area contributed by atoms with Gasteiger partial charge in [0.2, 0.25) is 5.91 Å². The summed E-state index contributed by atoms with van der Waals surface area (Å²) in [6.45, 7) is 16.9. The number of aliphatic carboxylic acids is 1. The van der Waals surface area contributed by atoms with Gasteiger partial charge in [-0.1, -0.05) is 85.7 Å². The third-order valence-corrected chi connectivity index (χ3v) is 13.8. The molecule has 1 aromatic carbocycles. The fourth-order valence-corrected chi connectivity index (χ4v) is 7.84. The van der Waals surface area contributed by atoms with Crippen molar-refractivity contribution >= 4 is 52.8 Å². The maximum Gasteiger partial charge on any atom is 0.353 e. The van der Waals surface area contributed by atoms with Gasteiger partial charge in [0.05, 0.1) is 12.0 Å². The van der Waals surface area contributed by atoms with Crippen molar-refractivity contribution in [1.29, 1.82) is 0 Å². The Kier molecular flexibility index (Phi) is 7.45. The Labute approximate surface area is 210 Å². The number of nitrogens with zero attached hydrogens (tertiary/aromatic N) is 1. The number of alkyl halides is 1. The molecule has 5 nitrogen and oxygen atoms in total. The smallest absolute Gasteiger partial charge is 0.353 e. The van der Waals surface area contributed by atoms with Crippen molar-refractivity contribution in [2.24, 2.45) is 5.92 Å². The molecule has 1 amide bonds. The molecular weight excluding hydrogens is 518 g/mol. The molecule has 0 saturated carbocycles. The van der Waals surface area contributed by atoms with E-state index in [1.165, 1.54) is 16.7 Å². The number of β-lactam (4-membered cyclic amide) rings is 1. The predicted octanol–water partition coefficient (Wildman–Crippen LogP) is 6.61. The van der Waals surface area contributed by atoms with E-state index in [1.54, 1.807) is 6.08 Å². The van der Waals surface area contributed by atoms with Crippen molar-refractivity contribution in [3.63, 3.8) is 0 Å². The van der Waals surface area contributed by atoms with Gasteiger partial charge in [-0.2, -0.15) is 0 Å². The van der Waals surface area contributed by atoms with E-state index in [-0.39, 0.29) is 22.7 Å². The highest BCUT2D eigenvalue weighted by atomic mass is 79.9. The first-order chi connectivity index (χ1) is 15.3. The third kappa shape index (κ3) is 4.40. The monoisotopic (exact) mass is 551 g/mol. The molecule has 0 spiro atoms. The summed E-state index contributed by atoms with van der Waals surface area (Å²) in [6.07, 6.45) is 2.70. The van der Waals surface area contributed by atoms with E-state index in [4.69, 9.17) is 4.43 Å². The van der Waals surface area contributed by atoms with Crippen molar-refractivity contribution in [2.75, 3.05) is 0 Å². The molecule has 0 bridgehead atoms. The van der Waals surface area contributed by atoms with Crippen molar-refractivity contribution in [1.82, 2.24) is 4.90 Å². The number of carbonyl (C=O) groups is 2. The van der Waals surface area contributed by atoms with Crippen LogP contribution in [0.5, 0.6) is 0 Å². The second-order valence-corrected chi connectivity index (χ2v) is 16.9. The highest BCUT2D eigenvalue weighted by molar-refractivity contribution is 9.08. The second-order valence-electron chi connectivity index (χ2n) is 10.2. The molecule has 1 fully saturated rings. The van der Waals surface area contributed by atoms with Gasteiger partial charge >= 0.3 is 5.97 Å². The van der Waals surface area contributed by atoms with Gasteiger partial charge in [-0.05, 0) is 42.1 Å². The summed E-state index contributed by atoms with van der Waals surface area (Å²) < 4.78 is 6.75. The Hall–Kier alpha value is -1.35. The van der Waals surface area contributed by atoms with Gasteiger partial charge in [-0.3, -0.25) is 9.69 Å². The minimum absolute atomic E-state index is 0.00806. The molecule has 33 heavy (non-hydrogen) atoms. The fourth-order valence-electron chi connectivity index (χ4n) is 4.32. The number of thioether (sulfide) groups is 1. The van der Waals surface area contributed by atoms with Crippen molar-refractivity contribution in [3.8, 4) is 0 Å². The van der Waals surface area contributed by atoms with E-state index >= 15 is 0 Å². The van der Waals surface area contributed by atoms with Crippen LogP contribution in [-0.2, 0) is 19.3 Å². The summed E-state index contributed by atoms with van der Waals surface area (Å²) in [5.41, 5.74) is 1.98. The van der Waals surface area contributed by atoms with E-state index in [0.29, 0.717) is 17.7 Å². The van der Waals surface area contributed by atoms with Crippen LogP contribution in [-0.4, -0.2) is 41.2 Å². The molecule has 1 N–H and O–H groups in total. The van der Waals surface area contributed by atoms with Gasteiger partial charge in [0.1, 0.15) is 10.6 Å². The molecular formula is C25H34BrNO4SSi. The number of hydrogen-bond acceptors (Lipinski definition) is 4. The highest BCUT2D eigenvalue weighted by Gasteiger charge is 2.69. The highest BCUT2D eigenvalue weighted by Crippen LogP contribution is 2.64. The van der Waals surface area contributed by atoms with Crippen LogP contribution in [0.2, 0.25) is 18.1 Å². The normalized spacial score (nSPS) is 23.9. The Morgan fingerprint density at radius 2 is 1.97 bits per heavy atom. The third-order valence-electron chi connectivity index (χ3n) is 7.10. The maximum atomic E-state index is 13.6. The van der Waals surface area contributed by atoms with Crippen LogP contribution in [0.1, 0.15) is 51.7 Å². The molecule has 180 valence electrons. The number of carboxylic acid groups (broad SMARTS) is 1. The minimum atomic E-state index is -2.13. The Morgan fingerprint density at radius 3 is 2.42 bits per heavy atom. The van der Waals surface area contributed by atoms with Crippen LogP contribution in [0.3, 0.4) is 0 Å². The first-order valence-electron chi connectivity index (χ1n) is 11.3. The van der Waals surface area contributed by atoms with Gasteiger partial charge in [0.15, 0.2) is 8.32 Å². The summed E-state index contributed by atoms with van der Waals surface area (Å²) in [6, 6.07) is 7.81. The average molecular weight is 553 g/mol. The van der Waals surface area contributed by atoms with Crippen LogP contribution in [0, 0.1) is 5.92 Å². The molecule has 8 heteroatoms. The van der Waals surface area contributed by atoms with Crippen molar-refractivity contribution in [2.45, 2.75) is 75.0 Å². The molecule has 3 atom stereocenters. The van der Waals surface area contributed by atoms with E-state index in [1.807, 2.05) is 31.2 Å². The molecule has 2 aliphatic heterocycles. The predicted molar refractivity (Wildman–Crippen MR) is 141 cm³/mol. The Bertz CT molecular complexity index is 985. The molecule has 2 heterocycles. The van der Waals surface area contributed by atoms with Crippen LogP contribution >= 0.6 is 27.7 Å². The second kappa shape index (κ2) is 9.36. The quantitative estimate of drug-likeness (QED) is 0.162. The number of fused-ring (bicyclic) bond motifs is 1. The summed E-state index contributed by atoms with van der Waals surface area (Å²) in [7, 11) is -2.13. The first-order valence-corrected chi connectivity index (χ1v) is 16.1. The molecule has 2 aliphatic rings. The Balaban J connectivity index is 2.05. The number of hydrogen-bond donors (Lipinski definition) is 1. The first kappa shape index (κ1) is 26.3. The lowest BCUT2D eigenvalue weighted by atomic mass is 9.78. The van der Waals surface area contributed by atoms with E-state index in [0.717, 1.165) is 16.5 Å². The largest absolute Gasteiger partial charge is 0.477 e. The number of carboxylic acids is 1. The molecule has 1 saturated heterocycles. The molecule has 0 unspecified atom stereocenters. The van der Waals surface area contributed by atoms with Gasteiger partial charge in [0.25, 0.3) is 0 Å². The van der Waals surface area contributed by atoms with Crippen molar-refractivity contribution < 1.29 is 19.1 Å². The Morgan fingerprint density at radius 1 is 1.36 bits per heavy atom. The summed E-state index contributed by atoms with van der Waals surface area (Å²) >= 11 is 4.93. The van der Waals surface area contributed by atoms with E-state index in [2.05, 4.69) is 56.4 Å². The number of amides is 1. The number of rotatable bonds is 9. The minimum Gasteiger partial charge on any atom is -0.477 e. The topological polar surface area (TPSA) is 66.8 Å². The lowest BCUT2D eigenvalue weighted by molar-refractivity contribution is -0.166. The SMILES string of the molecule is C=CC[C@]12SC(c3ccc(CBr)cc3)=C(C(=O)O)N1C(=O)[C@H]2[C@H](CC)O[Si](C)(C)C(C)(C)C. The summed E-state index contributed by atoms with van der Waals surface area (Å²) in [4.78, 5) is 27.3. The van der Waals surface area contributed by atoms with E-state index in [9.17, 15) is 14.7 Å². The van der Waals surface area contributed by atoms with Gasteiger partial charge in [-0.15, -0.1) is 6.58 Å². The van der Waals surface area contributed by atoms with Crippen LogP contribution < -0.4 is 0 Å². The fraction of sp³-hybridized carbons (Fsp3) is 0.520. The van der Waals surface area contributed by atoms with Gasteiger partial charge in [-0.25, -0.2) is 4.79 Å². The number of benzene rings is 1. The lowest BCUT2D eigenvalue weighted by Crippen LogP contribution is -2.71. The zero-order valence-corrected chi connectivity index (χ0v) is 23.7. The standard InChI is InChI=1S/C25H34BrNO4SSi/c1-8-14-25-19(18(9-2)31-33(6,7)24(3,4)5)22(28)27(25)20(23(29)30)21(32-25)17-12-10-16(15-26)11-13-17/h8,10-13,18-19H,1,9,14-15H2,2-7H3,(H,29,30)/t18-,19+,25+/m0/s1. The zero-order chi connectivity index (χ0) is 24.8. The van der Waals surface area contributed by atoms with E-state index < -0.39 is 25.1 Å². The average Bonchev–Trinajstić information content (AvgIpc) is 3.03. The summed E-state index contributed by atoms with van der Waals surface area (Å²) in [5.74, 6) is -1.68. The molecule has 0 aliphatic carbocycles. The molecule has 1 aromatic rings. The molecule has 3 rings (SSSR count). The maximum absolute atomic E-state index is 13.6. The lowest BCUT2D eigenvalue weighted by Gasteiger charge is -2.56. The number of carbonyl (C=O) groups excluding carboxylic acids is 1. The van der Waals surface area contributed by atoms with Crippen molar-refractivity contribution in [3.05, 3.63) is 53.7 Å².